The van der Waals surface area contributed by atoms with Gasteiger partial charge in [0.25, 0.3) is 0 Å². The van der Waals surface area contributed by atoms with Crippen molar-refractivity contribution in [3.05, 3.63) is 29.6 Å². The van der Waals surface area contributed by atoms with Gasteiger partial charge in [-0.25, -0.2) is 4.39 Å². The summed E-state index contributed by atoms with van der Waals surface area (Å²) < 4.78 is 53.9. The molecule has 0 aliphatic heterocycles. The molecule has 0 spiro atoms. The van der Waals surface area contributed by atoms with Crippen LogP contribution in [0.4, 0.5) is 17.6 Å². The molecule has 0 aromatic heterocycles. The van der Waals surface area contributed by atoms with E-state index < -0.39 is 24.6 Å². The summed E-state index contributed by atoms with van der Waals surface area (Å²) in [7, 11) is 1.32. The number of benzene rings is 1. The molecule has 0 aliphatic carbocycles. The van der Waals surface area contributed by atoms with Gasteiger partial charge in [0.1, 0.15) is 0 Å². The Morgan fingerprint density at radius 3 is 2.47 bits per heavy atom. The molecule has 1 N–H and O–H groups in total. The molecule has 1 unspecified atom stereocenters. The maximum Gasteiger partial charge on any atom is 0.401 e. The Bertz CT molecular complexity index is 378. The lowest BCUT2D eigenvalue weighted by atomic mass is 10.1. The van der Waals surface area contributed by atoms with Gasteiger partial charge in [0, 0.05) is 6.04 Å². The number of halogens is 4. The van der Waals surface area contributed by atoms with Crippen molar-refractivity contribution >= 4 is 0 Å². The maximum atomic E-state index is 13.3. The molecule has 1 atom stereocenters. The normalized spacial score (nSPS) is 13.5. The number of rotatable bonds is 4. The highest BCUT2D eigenvalue weighted by atomic mass is 19.4. The highest BCUT2D eigenvalue weighted by Crippen LogP contribution is 2.22. The average molecular weight is 251 g/mol. The van der Waals surface area contributed by atoms with Gasteiger partial charge in [0.2, 0.25) is 0 Å². The standard InChI is InChI=1S/C11H13F4NO/c1-7(16-6-11(13,14)15)8-3-4-10(17-2)9(12)5-8/h3-5,7,16H,6H2,1-2H3. The quantitative estimate of drug-likeness (QED) is 0.830. The molecule has 0 radical (unpaired) electrons. The SMILES string of the molecule is COc1ccc(C(C)NCC(F)(F)F)cc1F. The van der Waals surface area contributed by atoms with E-state index in [2.05, 4.69) is 5.32 Å². The molecule has 0 saturated heterocycles. The zero-order valence-electron chi connectivity index (χ0n) is 9.44. The predicted octanol–water partition coefficient (Wildman–Crippen LogP) is 3.05. The van der Waals surface area contributed by atoms with E-state index in [0.29, 0.717) is 5.56 Å². The third-order valence-electron chi connectivity index (χ3n) is 2.28. The third-order valence-corrected chi connectivity index (χ3v) is 2.28. The molecule has 0 bridgehead atoms. The van der Waals surface area contributed by atoms with E-state index in [1.54, 1.807) is 0 Å². The van der Waals surface area contributed by atoms with Crippen LogP contribution in [0.15, 0.2) is 18.2 Å². The summed E-state index contributed by atoms with van der Waals surface area (Å²) in [5.74, 6) is -0.526. The first kappa shape index (κ1) is 13.8. The Kier molecular flexibility index (Phi) is 4.34. The van der Waals surface area contributed by atoms with Gasteiger partial charge in [-0.2, -0.15) is 13.2 Å². The number of hydrogen-bond acceptors (Lipinski definition) is 2. The number of nitrogens with one attached hydrogen (secondary N) is 1. The van der Waals surface area contributed by atoms with Gasteiger partial charge >= 0.3 is 6.18 Å². The number of methoxy groups -OCH3 is 1. The molecule has 6 heteroatoms. The lowest BCUT2D eigenvalue weighted by molar-refractivity contribution is -0.126. The minimum atomic E-state index is -4.28. The third kappa shape index (κ3) is 4.22. The van der Waals surface area contributed by atoms with E-state index in [4.69, 9.17) is 4.74 Å². The largest absolute Gasteiger partial charge is 0.494 e. The first-order valence-corrected chi connectivity index (χ1v) is 4.97. The molecule has 1 aromatic carbocycles. The monoisotopic (exact) mass is 251 g/mol. The summed E-state index contributed by atoms with van der Waals surface area (Å²) in [6.45, 7) is 0.425. The van der Waals surface area contributed by atoms with E-state index in [0.717, 1.165) is 6.07 Å². The molecule has 0 aliphatic rings. The molecule has 96 valence electrons. The van der Waals surface area contributed by atoms with Crippen molar-refractivity contribution < 1.29 is 22.3 Å². The lowest BCUT2D eigenvalue weighted by Gasteiger charge is -2.16. The Balaban J connectivity index is 2.69. The van der Waals surface area contributed by atoms with E-state index >= 15 is 0 Å². The summed E-state index contributed by atoms with van der Waals surface area (Å²) in [4.78, 5) is 0. The summed E-state index contributed by atoms with van der Waals surface area (Å²) in [5, 5.41) is 2.27. The molecule has 0 amide bonds. The summed E-state index contributed by atoms with van der Waals surface area (Å²) in [6.07, 6.45) is -4.28. The van der Waals surface area contributed by atoms with Crippen molar-refractivity contribution in [3.63, 3.8) is 0 Å². The fourth-order valence-corrected chi connectivity index (χ4v) is 1.34. The smallest absolute Gasteiger partial charge is 0.401 e. The molecule has 1 rings (SSSR count). The highest BCUT2D eigenvalue weighted by molar-refractivity contribution is 5.30. The molecule has 0 heterocycles. The second-order valence-corrected chi connectivity index (χ2v) is 3.61. The van der Waals surface area contributed by atoms with Gasteiger partial charge in [-0.05, 0) is 24.6 Å². The van der Waals surface area contributed by atoms with Crippen molar-refractivity contribution in [1.29, 1.82) is 0 Å². The number of hydrogen-bond donors (Lipinski definition) is 1. The minimum absolute atomic E-state index is 0.0665. The topological polar surface area (TPSA) is 21.3 Å². The second kappa shape index (κ2) is 5.35. The van der Waals surface area contributed by atoms with Gasteiger partial charge in [0.15, 0.2) is 11.6 Å². The molecule has 2 nitrogen and oxygen atoms in total. The van der Waals surface area contributed by atoms with Gasteiger partial charge in [-0.1, -0.05) is 6.07 Å². The summed E-state index contributed by atoms with van der Waals surface area (Å²) in [6, 6.07) is 3.48. The molecule has 0 saturated carbocycles. The average Bonchev–Trinajstić information content (AvgIpc) is 2.24. The van der Waals surface area contributed by atoms with Crippen molar-refractivity contribution in [3.8, 4) is 5.75 Å². The van der Waals surface area contributed by atoms with Crippen molar-refractivity contribution in [2.45, 2.75) is 19.1 Å². The Labute approximate surface area is 96.6 Å². The van der Waals surface area contributed by atoms with Crippen LogP contribution in [0, 0.1) is 5.82 Å². The maximum absolute atomic E-state index is 13.3. The van der Waals surface area contributed by atoms with E-state index in [1.807, 2.05) is 0 Å². The van der Waals surface area contributed by atoms with Crippen LogP contribution in [0.2, 0.25) is 0 Å². The van der Waals surface area contributed by atoms with E-state index in [-0.39, 0.29) is 5.75 Å². The van der Waals surface area contributed by atoms with Crippen LogP contribution >= 0.6 is 0 Å². The van der Waals surface area contributed by atoms with E-state index in [1.165, 1.54) is 26.2 Å². The first-order valence-electron chi connectivity index (χ1n) is 4.97. The number of alkyl halides is 3. The molecule has 17 heavy (non-hydrogen) atoms. The second-order valence-electron chi connectivity index (χ2n) is 3.61. The van der Waals surface area contributed by atoms with Crippen LogP contribution in [0.25, 0.3) is 0 Å². The van der Waals surface area contributed by atoms with Gasteiger partial charge < -0.3 is 10.1 Å². The van der Waals surface area contributed by atoms with Crippen molar-refractivity contribution in [2.24, 2.45) is 0 Å². The highest BCUT2D eigenvalue weighted by Gasteiger charge is 2.27. The molecular weight excluding hydrogens is 238 g/mol. The van der Waals surface area contributed by atoms with Crippen LogP contribution < -0.4 is 10.1 Å². The molecular formula is C11H13F4NO. The molecule has 0 fully saturated rings. The van der Waals surface area contributed by atoms with Crippen LogP contribution in [0.5, 0.6) is 5.75 Å². The van der Waals surface area contributed by atoms with Crippen LogP contribution in [-0.2, 0) is 0 Å². The van der Waals surface area contributed by atoms with Gasteiger partial charge in [0.05, 0.1) is 13.7 Å². The summed E-state index contributed by atoms with van der Waals surface area (Å²) in [5.41, 5.74) is 0.438. The Morgan fingerprint density at radius 2 is 2.00 bits per heavy atom. The van der Waals surface area contributed by atoms with E-state index in [9.17, 15) is 17.6 Å². The zero-order valence-corrected chi connectivity index (χ0v) is 9.44. The first-order chi connectivity index (χ1) is 7.83. The van der Waals surface area contributed by atoms with Crippen molar-refractivity contribution in [2.75, 3.05) is 13.7 Å². The lowest BCUT2D eigenvalue weighted by Crippen LogP contribution is -2.30. The predicted molar refractivity (Wildman–Crippen MR) is 55.4 cm³/mol. The summed E-state index contributed by atoms with van der Waals surface area (Å²) >= 11 is 0. The van der Waals surface area contributed by atoms with Gasteiger partial charge in [-0.3, -0.25) is 0 Å². The van der Waals surface area contributed by atoms with Crippen LogP contribution in [-0.4, -0.2) is 19.8 Å². The fourth-order valence-electron chi connectivity index (χ4n) is 1.34. The van der Waals surface area contributed by atoms with Gasteiger partial charge in [-0.15, -0.1) is 0 Å². The van der Waals surface area contributed by atoms with Crippen molar-refractivity contribution in [1.82, 2.24) is 5.32 Å². The Morgan fingerprint density at radius 1 is 1.35 bits per heavy atom. The van der Waals surface area contributed by atoms with Crippen LogP contribution in [0.1, 0.15) is 18.5 Å². The zero-order chi connectivity index (χ0) is 13.1. The fraction of sp³-hybridized carbons (Fsp3) is 0.455. The number of ether oxygens (including phenoxy) is 1. The molecule has 1 aromatic rings. The van der Waals surface area contributed by atoms with Crippen LogP contribution in [0.3, 0.4) is 0 Å². The Hall–Kier alpha value is -1.30. The minimum Gasteiger partial charge on any atom is -0.494 e.